The first-order valence-corrected chi connectivity index (χ1v) is 10.2. The summed E-state index contributed by atoms with van der Waals surface area (Å²) in [4.78, 5) is 32.1. The highest BCUT2D eigenvalue weighted by Crippen LogP contribution is 2.27. The Morgan fingerprint density at radius 1 is 1.07 bits per heavy atom. The van der Waals surface area contributed by atoms with Crippen LogP contribution in [0.15, 0.2) is 65.5 Å². The fraction of sp³-hybridized carbons (Fsp3) is 0.292. The van der Waals surface area contributed by atoms with E-state index in [0.717, 1.165) is 11.1 Å². The lowest BCUT2D eigenvalue weighted by molar-refractivity contribution is 0.102. The molecule has 1 aliphatic heterocycles. The number of aromatic nitrogens is 2. The zero-order valence-electron chi connectivity index (χ0n) is 17.2. The highest BCUT2D eigenvalue weighted by atomic mass is 16.6. The van der Waals surface area contributed by atoms with Crippen LogP contribution in [0.5, 0.6) is 0 Å². The summed E-state index contributed by atoms with van der Waals surface area (Å²) in [6.07, 6.45) is 0.106. The topological polar surface area (TPSA) is 64.4 Å². The highest BCUT2D eigenvalue weighted by molar-refractivity contribution is 5.68. The number of carbonyl (C=O) groups is 1. The van der Waals surface area contributed by atoms with E-state index in [9.17, 15) is 9.59 Å². The molecule has 0 saturated carbocycles. The van der Waals surface area contributed by atoms with Crippen LogP contribution < -0.4 is 5.56 Å². The van der Waals surface area contributed by atoms with Gasteiger partial charge in [-0.25, -0.2) is 9.78 Å². The molecule has 0 bridgehead atoms. The van der Waals surface area contributed by atoms with Crippen LogP contribution in [-0.4, -0.2) is 33.7 Å². The summed E-state index contributed by atoms with van der Waals surface area (Å²) >= 11 is 0. The lowest BCUT2D eigenvalue weighted by Gasteiger charge is -2.29. The lowest BCUT2D eigenvalue weighted by atomic mass is 9.97. The molecule has 0 atom stereocenters. The monoisotopic (exact) mass is 403 g/mol. The summed E-state index contributed by atoms with van der Waals surface area (Å²) < 4.78 is 6.89. The van der Waals surface area contributed by atoms with Crippen LogP contribution in [-0.2, 0) is 17.7 Å². The molecule has 3 aromatic rings. The second kappa shape index (κ2) is 8.53. The van der Waals surface area contributed by atoms with Crippen molar-refractivity contribution >= 4 is 6.09 Å². The van der Waals surface area contributed by atoms with Crippen LogP contribution >= 0.6 is 0 Å². The minimum Gasteiger partial charge on any atom is -0.450 e. The molecular formula is C24H25N3O3. The average Bonchev–Trinajstić information content (AvgIpc) is 2.77. The third-order valence-corrected chi connectivity index (χ3v) is 5.46. The summed E-state index contributed by atoms with van der Waals surface area (Å²) in [5, 5.41) is 0. The van der Waals surface area contributed by atoms with E-state index in [4.69, 9.17) is 9.72 Å². The Balaban J connectivity index is 1.81. The molecule has 6 nitrogen and oxygen atoms in total. The van der Waals surface area contributed by atoms with Crippen molar-refractivity contribution < 1.29 is 9.53 Å². The number of hydrogen-bond donors (Lipinski definition) is 0. The van der Waals surface area contributed by atoms with Crippen molar-refractivity contribution in [1.82, 2.24) is 14.5 Å². The molecule has 0 N–H and O–H groups in total. The van der Waals surface area contributed by atoms with Gasteiger partial charge in [0.25, 0.3) is 5.56 Å². The molecule has 0 fully saturated rings. The minimum absolute atomic E-state index is 0.0429. The molecule has 4 rings (SSSR count). The Hall–Kier alpha value is -3.41. The Labute approximate surface area is 175 Å². The Morgan fingerprint density at radius 2 is 1.67 bits per heavy atom. The van der Waals surface area contributed by atoms with E-state index in [1.54, 1.807) is 16.4 Å². The molecule has 0 radical (unpaired) electrons. The largest absolute Gasteiger partial charge is 0.450 e. The molecule has 0 spiro atoms. The number of fused-ring (bicyclic) bond motifs is 1. The molecule has 0 unspecified atom stereocenters. The molecule has 1 aliphatic rings. The van der Waals surface area contributed by atoms with E-state index in [2.05, 4.69) is 0 Å². The van der Waals surface area contributed by atoms with Crippen LogP contribution in [0, 0.1) is 6.92 Å². The van der Waals surface area contributed by atoms with Gasteiger partial charge in [0.05, 0.1) is 24.9 Å². The number of carbonyl (C=O) groups excluding carboxylic acids is 1. The van der Waals surface area contributed by atoms with Crippen molar-refractivity contribution in [3.8, 4) is 0 Å². The van der Waals surface area contributed by atoms with Gasteiger partial charge in [-0.1, -0.05) is 60.7 Å². The minimum atomic E-state index is -0.363. The zero-order chi connectivity index (χ0) is 21.1. The quantitative estimate of drug-likeness (QED) is 0.666. The molecule has 154 valence electrons. The average molecular weight is 403 g/mol. The number of nitrogens with zero attached hydrogens (tertiary/aromatic N) is 3. The van der Waals surface area contributed by atoms with Crippen LogP contribution in [0.2, 0.25) is 0 Å². The van der Waals surface area contributed by atoms with Gasteiger partial charge in [0.1, 0.15) is 5.82 Å². The second-order valence-corrected chi connectivity index (χ2v) is 7.35. The van der Waals surface area contributed by atoms with E-state index in [1.807, 2.05) is 67.6 Å². The molecule has 1 aromatic heterocycles. The predicted molar refractivity (Wildman–Crippen MR) is 114 cm³/mol. The molecule has 6 heteroatoms. The molecule has 2 aromatic carbocycles. The van der Waals surface area contributed by atoms with E-state index < -0.39 is 0 Å². The van der Waals surface area contributed by atoms with Gasteiger partial charge in [-0.3, -0.25) is 9.36 Å². The lowest BCUT2D eigenvalue weighted by Crippen LogP contribution is -2.42. The Bertz CT molecular complexity index is 1050. The third kappa shape index (κ3) is 3.73. The van der Waals surface area contributed by atoms with E-state index in [1.165, 1.54) is 0 Å². The smallest absolute Gasteiger partial charge is 0.410 e. The molecule has 1 amide bonds. The first-order chi connectivity index (χ1) is 14.6. The van der Waals surface area contributed by atoms with Crippen molar-refractivity contribution in [3.05, 3.63) is 99.2 Å². The van der Waals surface area contributed by atoms with Crippen molar-refractivity contribution in [2.45, 2.75) is 32.9 Å². The Morgan fingerprint density at radius 3 is 2.23 bits per heavy atom. The maximum atomic E-state index is 13.6. The molecule has 30 heavy (non-hydrogen) atoms. The number of hydrogen-bond acceptors (Lipinski definition) is 4. The van der Waals surface area contributed by atoms with Gasteiger partial charge in [-0.15, -0.1) is 0 Å². The zero-order valence-corrected chi connectivity index (χ0v) is 17.2. The van der Waals surface area contributed by atoms with Gasteiger partial charge < -0.3 is 9.64 Å². The summed E-state index contributed by atoms with van der Waals surface area (Å²) in [5.41, 5.74) is 3.35. The van der Waals surface area contributed by atoms with Gasteiger partial charge in [0, 0.05) is 12.1 Å². The summed E-state index contributed by atoms with van der Waals surface area (Å²) in [6, 6.07) is 19.7. The van der Waals surface area contributed by atoms with Crippen molar-refractivity contribution in [2.75, 3.05) is 13.2 Å². The van der Waals surface area contributed by atoms with Gasteiger partial charge in [0.2, 0.25) is 0 Å². The first-order valence-electron chi connectivity index (χ1n) is 10.2. The Kier molecular flexibility index (Phi) is 5.65. The SMILES string of the molecule is CCOC(=O)N1CCc2c(nc(C)n(C(c3ccccc3)c3ccccc3)c2=O)C1. The van der Waals surface area contributed by atoms with Crippen LogP contribution in [0.25, 0.3) is 0 Å². The van der Waals surface area contributed by atoms with Gasteiger partial charge in [0.15, 0.2) is 0 Å². The van der Waals surface area contributed by atoms with Crippen molar-refractivity contribution in [2.24, 2.45) is 0 Å². The molecule has 0 saturated heterocycles. The van der Waals surface area contributed by atoms with Crippen LogP contribution in [0.4, 0.5) is 4.79 Å². The summed E-state index contributed by atoms with van der Waals surface area (Å²) in [5.74, 6) is 0.627. The molecular weight excluding hydrogens is 378 g/mol. The molecule has 2 heterocycles. The highest BCUT2D eigenvalue weighted by Gasteiger charge is 2.28. The number of amides is 1. The van der Waals surface area contributed by atoms with Gasteiger partial charge in [-0.2, -0.15) is 0 Å². The fourth-order valence-corrected chi connectivity index (χ4v) is 4.06. The van der Waals surface area contributed by atoms with Gasteiger partial charge >= 0.3 is 6.09 Å². The first kappa shape index (κ1) is 19.9. The number of rotatable bonds is 4. The van der Waals surface area contributed by atoms with Crippen LogP contribution in [0.3, 0.4) is 0 Å². The van der Waals surface area contributed by atoms with Crippen molar-refractivity contribution in [3.63, 3.8) is 0 Å². The maximum absolute atomic E-state index is 13.6. The standard InChI is InChI=1S/C24H25N3O3/c1-3-30-24(29)26-15-14-20-21(16-26)25-17(2)27(23(20)28)22(18-10-6-4-7-11-18)19-12-8-5-9-13-19/h4-13,22H,3,14-16H2,1-2H3. The summed E-state index contributed by atoms with van der Waals surface area (Å²) in [6.45, 7) is 4.71. The van der Waals surface area contributed by atoms with Gasteiger partial charge in [-0.05, 0) is 31.4 Å². The van der Waals surface area contributed by atoms with E-state index in [-0.39, 0.29) is 17.7 Å². The number of ether oxygens (including phenoxy) is 1. The van der Waals surface area contributed by atoms with Crippen LogP contribution in [0.1, 0.15) is 41.2 Å². The van der Waals surface area contributed by atoms with E-state index >= 15 is 0 Å². The van der Waals surface area contributed by atoms with E-state index in [0.29, 0.717) is 43.2 Å². The second-order valence-electron chi connectivity index (χ2n) is 7.35. The molecule has 0 aliphatic carbocycles. The predicted octanol–water partition coefficient (Wildman–Crippen LogP) is 3.70. The fourth-order valence-electron chi connectivity index (χ4n) is 4.06. The third-order valence-electron chi connectivity index (χ3n) is 5.46. The summed E-state index contributed by atoms with van der Waals surface area (Å²) in [7, 11) is 0. The van der Waals surface area contributed by atoms with Crippen molar-refractivity contribution in [1.29, 1.82) is 0 Å². The normalized spacial score (nSPS) is 13.2. The number of benzene rings is 2. The maximum Gasteiger partial charge on any atom is 0.410 e. The number of aryl methyl sites for hydroxylation is 1.